The number of hydrogen-bond acceptors (Lipinski definition) is 2. The molecule has 0 spiro atoms. The molecule has 1 aliphatic heterocycles. The molecule has 0 radical (unpaired) electrons. The number of hydrogen-bond donors (Lipinski definition) is 1. The zero-order valence-corrected chi connectivity index (χ0v) is 13.7. The average molecular weight is 278 g/mol. The Morgan fingerprint density at radius 1 is 0.950 bits per heavy atom. The van der Waals surface area contributed by atoms with Gasteiger partial charge < -0.3 is 5.32 Å². The Bertz CT molecular complexity index is 307. The van der Waals surface area contributed by atoms with E-state index >= 15 is 0 Å². The summed E-state index contributed by atoms with van der Waals surface area (Å²) >= 11 is 0. The number of rotatable bonds is 2. The predicted octanol–water partition coefficient (Wildman–Crippen LogP) is 3.81. The van der Waals surface area contributed by atoms with Gasteiger partial charge in [-0.1, -0.05) is 39.5 Å². The van der Waals surface area contributed by atoms with Crippen molar-refractivity contribution in [3.05, 3.63) is 0 Å². The molecule has 3 rings (SSSR count). The Labute approximate surface area is 125 Å². The third-order valence-corrected chi connectivity index (χ3v) is 6.32. The molecule has 0 aromatic rings. The lowest BCUT2D eigenvalue weighted by Gasteiger charge is -2.40. The minimum Gasteiger partial charge on any atom is -0.312 e. The van der Waals surface area contributed by atoms with Crippen molar-refractivity contribution in [2.45, 2.75) is 83.7 Å². The number of nitrogens with one attached hydrogen (secondary N) is 1. The summed E-state index contributed by atoms with van der Waals surface area (Å²) in [5, 5.41) is 3.89. The van der Waals surface area contributed by atoms with Crippen LogP contribution in [0, 0.1) is 11.3 Å². The lowest BCUT2D eigenvalue weighted by molar-refractivity contribution is 0.0983. The zero-order chi connectivity index (χ0) is 14.0. The average Bonchev–Trinajstić information content (AvgIpc) is 2.66. The van der Waals surface area contributed by atoms with Crippen molar-refractivity contribution in [3.8, 4) is 0 Å². The van der Waals surface area contributed by atoms with Crippen molar-refractivity contribution in [3.63, 3.8) is 0 Å². The molecule has 0 amide bonds. The molecule has 2 atom stereocenters. The molecule has 3 aliphatic rings. The standard InChI is InChI=1S/C18H34N2/c1-18(2)11-6-10-17(18)20-13-7-12-19-16(14-20)15-8-4-3-5-9-15/h15-17,19H,3-14H2,1-2H3. The van der Waals surface area contributed by atoms with E-state index in [9.17, 15) is 0 Å². The van der Waals surface area contributed by atoms with Crippen LogP contribution in [0.1, 0.15) is 71.6 Å². The summed E-state index contributed by atoms with van der Waals surface area (Å²) in [4.78, 5) is 2.87. The minimum absolute atomic E-state index is 0.543. The molecule has 0 bridgehead atoms. The second-order valence-electron chi connectivity index (χ2n) is 8.20. The molecule has 116 valence electrons. The summed E-state index contributed by atoms with van der Waals surface area (Å²) < 4.78 is 0. The van der Waals surface area contributed by atoms with E-state index in [-0.39, 0.29) is 0 Å². The summed E-state index contributed by atoms with van der Waals surface area (Å²) in [6.45, 7) is 8.88. The molecule has 2 heteroatoms. The van der Waals surface area contributed by atoms with Crippen LogP contribution in [0.5, 0.6) is 0 Å². The fraction of sp³-hybridized carbons (Fsp3) is 1.00. The Kier molecular flexibility index (Phi) is 4.72. The van der Waals surface area contributed by atoms with Gasteiger partial charge in [-0.2, -0.15) is 0 Å². The van der Waals surface area contributed by atoms with Crippen molar-refractivity contribution in [1.29, 1.82) is 0 Å². The normalized spacial score (nSPS) is 36.9. The van der Waals surface area contributed by atoms with Gasteiger partial charge in [0.05, 0.1) is 0 Å². The molecule has 1 N–H and O–H groups in total. The van der Waals surface area contributed by atoms with Gasteiger partial charge in [-0.3, -0.25) is 4.90 Å². The summed E-state index contributed by atoms with van der Waals surface area (Å²) in [7, 11) is 0. The van der Waals surface area contributed by atoms with Gasteiger partial charge in [-0.05, 0) is 56.5 Å². The second kappa shape index (κ2) is 6.36. The minimum atomic E-state index is 0.543. The molecule has 2 unspecified atom stereocenters. The molecular formula is C18H34N2. The molecule has 2 aliphatic carbocycles. The highest BCUT2D eigenvalue weighted by molar-refractivity contribution is 4.95. The first-order valence-corrected chi connectivity index (χ1v) is 9.14. The Morgan fingerprint density at radius 2 is 1.75 bits per heavy atom. The van der Waals surface area contributed by atoms with E-state index in [0.29, 0.717) is 5.41 Å². The van der Waals surface area contributed by atoms with Gasteiger partial charge in [0.25, 0.3) is 0 Å². The highest BCUT2D eigenvalue weighted by Gasteiger charge is 2.40. The molecular weight excluding hydrogens is 244 g/mol. The van der Waals surface area contributed by atoms with Gasteiger partial charge in [0.1, 0.15) is 0 Å². The fourth-order valence-corrected chi connectivity index (χ4v) is 5.10. The maximum absolute atomic E-state index is 3.89. The maximum atomic E-state index is 3.89. The van der Waals surface area contributed by atoms with Crippen LogP contribution < -0.4 is 5.32 Å². The van der Waals surface area contributed by atoms with Gasteiger partial charge in [0, 0.05) is 18.6 Å². The van der Waals surface area contributed by atoms with Gasteiger partial charge >= 0.3 is 0 Å². The van der Waals surface area contributed by atoms with E-state index in [4.69, 9.17) is 0 Å². The largest absolute Gasteiger partial charge is 0.312 e. The van der Waals surface area contributed by atoms with Crippen LogP contribution in [-0.2, 0) is 0 Å². The topological polar surface area (TPSA) is 15.3 Å². The summed E-state index contributed by atoms with van der Waals surface area (Å²) in [5.41, 5.74) is 0.543. The first-order valence-electron chi connectivity index (χ1n) is 9.14. The quantitative estimate of drug-likeness (QED) is 0.826. The Balaban J connectivity index is 1.65. The molecule has 20 heavy (non-hydrogen) atoms. The van der Waals surface area contributed by atoms with E-state index < -0.39 is 0 Å². The Hall–Kier alpha value is -0.0800. The van der Waals surface area contributed by atoms with Crippen LogP contribution in [0.25, 0.3) is 0 Å². The van der Waals surface area contributed by atoms with E-state index in [1.807, 2.05) is 0 Å². The third-order valence-electron chi connectivity index (χ3n) is 6.32. The molecule has 2 saturated carbocycles. The summed E-state index contributed by atoms with van der Waals surface area (Å²) in [6, 6.07) is 1.61. The first kappa shape index (κ1) is 14.8. The van der Waals surface area contributed by atoms with E-state index in [0.717, 1.165) is 18.0 Å². The lowest BCUT2D eigenvalue weighted by atomic mass is 9.82. The molecule has 3 fully saturated rings. The monoisotopic (exact) mass is 278 g/mol. The van der Waals surface area contributed by atoms with Crippen LogP contribution in [0.15, 0.2) is 0 Å². The number of nitrogens with zero attached hydrogens (tertiary/aromatic N) is 1. The maximum Gasteiger partial charge on any atom is 0.0223 e. The van der Waals surface area contributed by atoms with Gasteiger partial charge in [-0.25, -0.2) is 0 Å². The first-order chi connectivity index (χ1) is 9.67. The predicted molar refractivity (Wildman–Crippen MR) is 86.0 cm³/mol. The van der Waals surface area contributed by atoms with Gasteiger partial charge in [0.2, 0.25) is 0 Å². The molecule has 2 nitrogen and oxygen atoms in total. The van der Waals surface area contributed by atoms with Crippen molar-refractivity contribution >= 4 is 0 Å². The fourth-order valence-electron chi connectivity index (χ4n) is 5.10. The molecule has 1 saturated heterocycles. The van der Waals surface area contributed by atoms with Crippen molar-refractivity contribution in [2.75, 3.05) is 19.6 Å². The van der Waals surface area contributed by atoms with Crippen LogP contribution in [0.2, 0.25) is 0 Å². The Morgan fingerprint density at radius 3 is 2.45 bits per heavy atom. The smallest absolute Gasteiger partial charge is 0.0223 e. The lowest BCUT2D eigenvalue weighted by Crippen LogP contribution is -2.49. The molecule has 1 heterocycles. The summed E-state index contributed by atoms with van der Waals surface area (Å²) in [6.07, 6.45) is 13.0. The van der Waals surface area contributed by atoms with Crippen LogP contribution >= 0.6 is 0 Å². The van der Waals surface area contributed by atoms with Crippen molar-refractivity contribution in [1.82, 2.24) is 10.2 Å². The van der Waals surface area contributed by atoms with Crippen LogP contribution in [-0.4, -0.2) is 36.6 Å². The van der Waals surface area contributed by atoms with E-state index in [1.165, 1.54) is 77.4 Å². The molecule has 0 aromatic carbocycles. The van der Waals surface area contributed by atoms with Gasteiger partial charge in [0.15, 0.2) is 0 Å². The van der Waals surface area contributed by atoms with Crippen LogP contribution in [0.3, 0.4) is 0 Å². The third kappa shape index (κ3) is 3.22. The molecule has 0 aromatic heterocycles. The van der Waals surface area contributed by atoms with E-state index in [1.54, 1.807) is 0 Å². The SMILES string of the molecule is CC1(C)CCCC1N1CCCNC(C2CCCCC2)C1. The van der Waals surface area contributed by atoms with Crippen molar-refractivity contribution in [2.24, 2.45) is 11.3 Å². The van der Waals surface area contributed by atoms with Gasteiger partial charge in [-0.15, -0.1) is 0 Å². The highest BCUT2D eigenvalue weighted by atomic mass is 15.2. The van der Waals surface area contributed by atoms with Crippen LogP contribution in [0.4, 0.5) is 0 Å². The second-order valence-corrected chi connectivity index (χ2v) is 8.20. The van der Waals surface area contributed by atoms with E-state index in [2.05, 4.69) is 24.1 Å². The summed E-state index contributed by atoms with van der Waals surface area (Å²) in [5.74, 6) is 0.953. The zero-order valence-electron chi connectivity index (χ0n) is 13.7. The van der Waals surface area contributed by atoms with Crippen molar-refractivity contribution < 1.29 is 0 Å². The highest BCUT2D eigenvalue weighted by Crippen LogP contribution is 2.41.